The van der Waals surface area contributed by atoms with Gasteiger partial charge in [0.2, 0.25) is 0 Å². The minimum Gasteiger partial charge on any atom is -0.496 e. The molecule has 0 saturated heterocycles. The molecule has 3 heterocycles. The molecule has 12 heteroatoms. The molecule has 0 unspecified atom stereocenters. The van der Waals surface area contributed by atoms with Gasteiger partial charge in [0, 0.05) is 11.6 Å². The molecule has 1 atom stereocenters. The molecule has 1 aliphatic rings. The van der Waals surface area contributed by atoms with Crippen LogP contribution in [-0.2, 0) is 9.53 Å². The number of carbonyl (C=O) groups excluding carboxylic acids is 1. The van der Waals surface area contributed by atoms with Crippen molar-refractivity contribution in [2.75, 3.05) is 13.7 Å². The molecule has 0 fully saturated rings. The van der Waals surface area contributed by atoms with Crippen LogP contribution in [0.25, 0.3) is 17.4 Å². The number of benzene rings is 2. The summed E-state index contributed by atoms with van der Waals surface area (Å²) in [7, 11) is 1.55. The van der Waals surface area contributed by atoms with E-state index in [2.05, 4.69) is 20.9 Å². The van der Waals surface area contributed by atoms with Crippen molar-refractivity contribution < 1.29 is 28.6 Å². The smallest absolute Gasteiger partial charge is 0.338 e. The second-order valence-corrected chi connectivity index (χ2v) is 11.2. The minimum absolute atomic E-state index is 0.0635. The van der Waals surface area contributed by atoms with E-state index in [-0.39, 0.29) is 23.3 Å². The zero-order chi connectivity index (χ0) is 29.4. The Labute approximate surface area is 250 Å². The number of carboxylic acids is 1. The second-order valence-electron chi connectivity index (χ2n) is 8.90. The van der Waals surface area contributed by atoms with Crippen LogP contribution in [0, 0.1) is 0 Å². The normalized spacial score (nSPS) is 15.0. The Morgan fingerprint density at radius 3 is 2.68 bits per heavy atom. The molecule has 5 rings (SSSR count). The van der Waals surface area contributed by atoms with E-state index in [0.29, 0.717) is 52.9 Å². The molecular formula is C29H22BrClN2O7S. The number of nitrogens with zero attached hydrogens (tertiary/aromatic N) is 2. The number of furan rings is 1. The molecule has 0 bridgehead atoms. The topological polar surface area (TPSA) is 120 Å². The van der Waals surface area contributed by atoms with E-state index >= 15 is 0 Å². The zero-order valence-electron chi connectivity index (χ0n) is 21.9. The van der Waals surface area contributed by atoms with Crippen molar-refractivity contribution in [1.29, 1.82) is 0 Å². The van der Waals surface area contributed by atoms with Gasteiger partial charge in [0.1, 0.15) is 17.3 Å². The third-order valence-electron chi connectivity index (χ3n) is 6.39. The van der Waals surface area contributed by atoms with Crippen molar-refractivity contribution >= 4 is 56.9 Å². The van der Waals surface area contributed by atoms with Crippen molar-refractivity contribution in [3.8, 4) is 17.1 Å². The first kappa shape index (κ1) is 28.6. The van der Waals surface area contributed by atoms with E-state index in [1.165, 1.54) is 22.8 Å². The maximum atomic E-state index is 13.8. The van der Waals surface area contributed by atoms with Crippen molar-refractivity contribution in [2.24, 2.45) is 4.99 Å². The number of thiazole rings is 1. The lowest BCUT2D eigenvalue weighted by atomic mass is 9.96. The van der Waals surface area contributed by atoms with Gasteiger partial charge in [0.25, 0.3) is 5.56 Å². The number of carboxylic acid groups (broad SMARTS) is 1. The van der Waals surface area contributed by atoms with Gasteiger partial charge in [-0.2, -0.15) is 0 Å². The number of aromatic carboxylic acids is 1. The summed E-state index contributed by atoms with van der Waals surface area (Å²) >= 11 is 10.9. The monoisotopic (exact) mass is 656 g/mol. The van der Waals surface area contributed by atoms with Crippen LogP contribution >= 0.6 is 38.9 Å². The van der Waals surface area contributed by atoms with Crippen LogP contribution in [0.4, 0.5) is 0 Å². The van der Waals surface area contributed by atoms with Gasteiger partial charge in [-0.25, -0.2) is 14.6 Å². The van der Waals surface area contributed by atoms with Crippen molar-refractivity contribution in [2.45, 2.75) is 19.9 Å². The number of fused-ring (bicyclic) bond motifs is 1. The van der Waals surface area contributed by atoms with E-state index in [4.69, 9.17) is 25.5 Å². The number of methoxy groups -OCH3 is 1. The fourth-order valence-electron chi connectivity index (χ4n) is 4.51. The van der Waals surface area contributed by atoms with Crippen LogP contribution < -0.4 is 19.6 Å². The van der Waals surface area contributed by atoms with E-state index in [1.54, 1.807) is 57.4 Å². The van der Waals surface area contributed by atoms with Gasteiger partial charge in [-0.3, -0.25) is 9.36 Å². The highest BCUT2D eigenvalue weighted by atomic mass is 79.9. The summed E-state index contributed by atoms with van der Waals surface area (Å²) in [6.07, 6.45) is 1.58. The summed E-state index contributed by atoms with van der Waals surface area (Å²) in [5.74, 6) is -0.351. The molecule has 4 aromatic rings. The number of halogens is 2. The number of carbonyl (C=O) groups is 2. The average Bonchev–Trinajstić information content (AvgIpc) is 3.52. The number of aromatic nitrogens is 1. The SMILES string of the molecule is CCOC(=O)C1=C(C)N=c2s/c(=C\c3ccc(-c4cc(C(=O)O)ccc4Cl)o3)c(=O)n2[C@@H]1c1ccc(OC)c(Br)c1. The molecule has 210 valence electrons. The predicted octanol–water partition coefficient (Wildman–Crippen LogP) is 5.18. The Morgan fingerprint density at radius 1 is 1.22 bits per heavy atom. The number of ether oxygens (including phenoxy) is 2. The first-order chi connectivity index (χ1) is 19.6. The van der Waals surface area contributed by atoms with Crippen molar-refractivity contribution in [3.05, 3.63) is 106 Å². The summed E-state index contributed by atoms with van der Waals surface area (Å²) in [5, 5.41) is 9.66. The first-order valence-electron chi connectivity index (χ1n) is 12.3. The maximum Gasteiger partial charge on any atom is 0.338 e. The summed E-state index contributed by atoms with van der Waals surface area (Å²) in [5.41, 5.74) is 1.47. The van der Waals surface area contributed by atoms with Gasteiger partial charge in [-0.1, -0.05) is 29.0 Å². The lowest BCUT2D eigenvalue weighted by Crippen LogP contribution is -2.39. The Morgan fingerprint density at radius 2 is 2.00 bits per heavy atom. The molecule has 0 saturated carbocycles. The Hall–Kier alpha value is -3.93. The Bertz CT molecular complexity index is 1920. The molecular weight excluding hydrogens is 636 g/mol. The number of hydrogen-bond donors (Lipinski definition) is 1. The molecule has 41 heavy (non-hydrogen) atoms. The van der Waals surface area contributed by atoms with Gasteiger partial charge in [-0.05, 0) is 77.8 Å². The third-order valence-corrected chi connectivity index (χ3v) is 8.32. The van der Waals surface area contributed by atoms with Crippen LogP contribution in [-0.4, -0.2) is 35.3 Å². The molecule has 0 aliphatic carbocycles. The molecule has 0 radical (unpaired) electrons. The molecule has 9 nitrogen and oxygen atoms in total. The quantitative estimate of drug-likeness (QED) is 0.272. The summed E-state index contributed by atoms with van der Waals surface area (Å²) < 4.78 is 19.1. The molecule has 2 aromatic heterocycles. The predicted molar refractivity (Wildman–Crippen MR) is 157 cm³/mol. The van der Waals surface area contributed by atoms with Crippen LogP contribution in [0.15, 0.2) is 78.5 Å². The van der Waals surface area contributed by atoms with Gasteiger partial charge in [0.05, 0.1) is 50.6 Å². The van der Waals surface area contributed by atoms with Gasteiger partial charge in [-0.15, -0.1) is 0 Å². The van der Waals surface area contributed by atoms with Gasteiger partial charge in [0.15, 0.2) is 4.80 Å². The molecule has 0 spiro atoms. The maximum absolute atomic E-state index is 13.8. The number of hydrogen-bond acceptors (Lipinski definition) is 8. The second kappa shape index (κ2) is 11.5. The average molecular weight is 658 g/mol. The number of allylic oxidation sites excluding steroid dienone is 1. The van der Waals surface area contributed by atoms with E-state index in [1.807, 2.05) is 0 Å². The van der Waals surface area contributed by atoms with E-state index in [0.717, 1.165) is 11.3 Å². The summed E-state index contributed by atoms with van der Waals surface area (Å²) in [4.78, 5) is 43.3. The third kappa shape index (κ3) is 5.40. The summed E-state index contributed by atoms with van der Waals surface area (Å²) in [6.45, 7) is 3.59. The molecule has 2 aromatic carbocycles. The van der Waals surface area contributed by atoms with Gasteiger partial charge < -0.3 is 19.0 Å². The lowest BCUT2D eigenvalue weighted by Gasteiger charge is -2.25. The number of esters is 1. The lowest BCUT2D eigenvalue weighted by molar-refractivity contribution is -0.139. The fourth-order valence-corrected chi connectivity index (χ4v) is 6.31. The van der Waals surface area contributed by atoms with Crippen LogP contribution in [0.2, 0.25) is 5.02 Å². The van der Waals surface area contributed by atoms with E-state index in [9.17, 15) is 19.5 Å². The molecule has 1 N–H and O–H groups in total. The van der Waals surface area contributed by atoms with Crippen molar-refractivity contribution in [3.63, 3.8) is 0 Å². The Kier molecular flexibility index (Phi) is 8.03. The highest BCUT2D eigenvalue weighted by Crippen LogP contribution is 2.35. The Balaban J connectivity index is 1.64. The molecule has 0 amide bonds. The fraction of sp³-hybridized carbons (Fsp3) is 0.172. The minimum atomic E-state index is -1.09. The zero-order valence-corrected chi connectivity index (χ0v) is 25.1. The highest BCUT2D eigenvalue weighted by molar-refractivity contribution is 9.10. The van der Waals surface area contributed by atoms with Crippen LogP contribution in [0.1, 0.15) is 41.6 Å². The molecule has 1 aliphatic heterocycles. The van der Waals surface area contributed by atoms with E-state index < -0.39 is 18.0 Å². The number of rotatable bonds is 7. The van der Waals surface area contributed by atoms with Crippen molar-refractivity contribution in [1.82, 2.24) is 4.57 Å². The largest absolute Gasteiger partial charge is 0.496 e. The summed E-state index contributed by atoms with van der Waals surface area (Å²) in [6, 6.07) is 12.2. The first-order valence-corrected chi connectivity index (χ1v) is 14.3. The van der Waals surface area contributed by atoms with Crippen LogP contribution in [0.3, 0.4) is 0 Å². The van der Waals surface area contributed by atoms with Gasteiger partial charge >= 0.3 is 11.9 Å². The highest BCUT2D eigenvalue weighted by Gasteiger charge is 2.33. The standard InChI is InChI=1S/C29H22BrClN2O7S/c1-4-39-28(37)24-14(2)32-29-33(25(24)15-6-9-22(38-3)19(30)12-15)26(34)23(41-29)13-17-7-10-21(40-17)18-11-16(27(35)36)5-8-20(18)31/h5-13,25H,4H2,1-3H3,(H,35,36)/b23-13-/t25-/m1/s1. The van der Waals surface area contributed by atoms with Crippen LogP contribution in [0.5, 0.6) is 5.75 Å².